The molecule has 206 valence electrons. The van der Waals surface area contributed by atoms with Crippen LogP contribution in [0.4, 0.5) is 0 Å². The summed E-state index contributed by atoms with van der Waals surface area (Å²) in [5.41, 5.74) is 4.45. The Bertz CT molecular complexity index is 864. The lowest BCUT2D eigenvalue weighted by Gasteiger charge is -2.73. The van der Waals surface area contributed by atoms with Crippen molar-refractivity contribution in [2.75, 3.05) is 13.2 Å². The van der Waals surface area contributed by atoms with Gasteiger partial charge in [-0.1, -0.05) is 86.8 Å². The smallest absolute Gasteiger partial charge is 0.0468 e. The lowest BCUT2D eigenvalue weighted by molar-refractivity contribution is -0.223. The molecular formula is C35H60O. The van der Waals surface area contributed by atoms with E-state index < -0.39 is 0 Å². The minimum atomic E-state index is 0.392. The van der Waals surface area contributed by atoms with Crippen molar-refractivity contribution in [3.63, 3.8) is 0 Å². The fourth-order valence-corrected chi connectivity index (χ4v) is 11.5. The summed E-state index contributed by atoms with van der Waals surface area (Å²) in [6.45, 7) is 25.9. The van der Waals surface area contributed by atoms with E-state index in [9.17, 15) is 0 Å². The first-order valence-corrected chi connectivity index (χ1v) is 16.0. The second-order valence-corrected chi connectivity index (χ2v) is 16.6. The Morgan fingerprint density at radius 2 is 1.42 bits per heavy atom. The summed E-state index contributed by atoms with van der Waals surface area (Å²) < 4.78 is 5.65. The summed E-state index contributed by atoms with van der Waals surface area (Å²) in [5, 5.41) is 0. The highest BCUT2D eigenvalue weighted by molar-refractivity contribution is 5.33. The van der Waals surface area contributed by atoms with Crippen LogP contribution in [0.1, 0.15) is 139 Å². The van der Waals surface area contributed by atoms with Crippen molar-refractivity contribution in [2.45, 2.75) is 139 Å². The Hall–Kier alpha value is -0.300. The van der Waals surface area contributed by atoms with E-state index in [0.29, 0.717) is 32.5 Å². The predicted molar refractivity (Wildman–Crippen MR) is 154 cm³/mol. The fourth-order valence-electron chi connectivity index (χ4n) is 11.5. The number of allylic oxidation sites excluding steroid dienone is 2. The van der Waals surface area contributed by atoms with Gasteiger partial charge in [0, 0.05) is 13.2 Å². The number of hydrogen-bond donors (Lipinski definition) is 0. The minimum absolute atomic E-state index is 0.392. The van der Waals surface area contributed by atoms with Gasteiger partial charge in [-0.25, -0.2) is 0 Å². The van der Waals surface area contributed by atoms with Gasteiger partial charge in [0.2, 0.25) is 0 Å². The maximum absolute atomic E-state index is 5.65. The molecule has 0 radical (unpaired) electrons. The van der Waals surface area contributed by atoms with Crippen molar-refractivity contribution in [2.24, 2.45) is 56.2 Å². The third-order valence-electron chi connectivity index (χ3n) is 15.1. The van der Waals surface area contributed by atoms with E-state index in [2.05, 4.69) is 68.4 Å². The van der Waals surface area contributed by atoms with Crippen molar-refractivity contribution in [1.29, 1.82) is 0 Å². The number of fused-ring (bicyclic) bond motifs is 5. The molecule has 1 aliphatic heterocycles. The van der Waals surface area contributed by atoms with Crippen molar-refractivity contribution in [3.8, 4) is 0 Å². The van der Waals surface area contributed by atoms with E-state index in [-0.39, 0.29) is 0 Å². The molecule has 4 aliphatic carbocycles. The predicted octanol–water partition coefficient (Wildman–Crippen LogP) is 10.2. The molecule has 1 nitrogen and oxygen atoms in total. The highest BCUT2D eigenvalue weighted by atomic mass is 16.5. The Kier molecular flexibility index (Phi) is 6.71. The molecule has 5 aliphatic rings. The molecule has 0 bridgehead atoms. The monoisotopic (exact) mass is 496 g/mol. The molecule has 0 N–H and O–H groups in total. The van der Waals surface area contributed by atoms with Crippen molar-refractivity contribution in [1.82, 2.24) is 0 Å². The molecule has 0 aromatic carbocycles. The Morgan fingerprint density at radius 3 is 2.11 bits per heavy atom. The standard InChI is InChI=1S/C35H60O/c1-25(27-14-22-36-23-15-27)10-11-26(2)29-13-17-33(7)32(29,6)20-21-34(8)31(5)19-18-30(3,4)24-28(31)12-16-35(33,34)9/h12,25-27,29H,10-11,13-24H2,1-9H3/t25-,26-,29-,31+,32-,33-,34-,35+/m1/s1. The van der Waals surface area contributed by atoms with Crippen molar-refractivity contribution >= 4 is 0 Å². The van der Waals surface area contributed by atoms with Crippen LogP contribution in [0.25, 0.3) is 0 Å². The number of ether oxygens (including phenoxy) is 1. The van der Waals surface area contributed by atoms with Gasteiger partial charge >= 0.3 is 0 Å². The minimum Gasteiger partial charge on any atom is -0.381 e. The summed E-state index contributed by atoms with van der Waals surface area (Å²) >= 11 is 0. The largest absolute Gasteiger partial charge is 0.381 e. The van der Waals surface area contributed by atoms with E-state index in [0.717, 1.165) is 36.9 Å². The van der Waals surface area contributed by atoms with E-state index in [4.69, 9.17) is 4.74 Å². The molecule has 0 aromatic heterocycles. The van der Waals surface area contributed by atoms with Gasteiger partial charge in [0.1, 0.15) is 0 Å². The zero-order valence-electron chi connectivity index (χ0n) is 25.7. The maximum Gasteiger partial charge on any atom is 0.0468 e. The molecule has 1 saturated heterocycles. The molecule has 4 fully saturated rings. The zero-order valence-corrected chi connectivity index (χ0v) is 25.7. The lowest BCUT2D eigenvalue weighted by atomic mass is 9.31. The summed E-state index contributed by atoms with van der Waals surface area (Å²) in [6.07, 6.45) is 19.4. The van der Waals surface area contributed by atoms with Gasteiger partial charge in [0.05, 0.1) is 0 Å². The Labute approximate surface area is 225 Å². The van der Waals surface area contributed by atoms with E-state index in [1.165, 1.54) is 77.0 Å². The average Bonchev–Trinajstić information content (AvgIpc) is 3.13. The molecule has 0 aromatic rings. The van der Waals surface area contributed by atoms with E-state index in [1.54, 1.807) is 0 Å². The summed E-state index contributed by atoms with van der Waals surface area (Å²) in [5.74, 6) is 3.51. The van der Waals surface area contributed by atoms with Gasteiger partial charge in [-0.05, 0) is 120 Å². The third kappa shape index (κ3) is 3.63. The van der Waals surface area contributed by atoms with Crippen LogP contribution in [-0.2, 0) is 4.74 Å². The van der Waals surface area contributed by atoms with Crippen LogP contribution in [0.3, 0.4) is 0 Å². The quantitative estimate of drug-likeness (QED) is 0.344. The highest BCUT2D eigenvalue weighted by Gasteiger charge is 2.73. The number of hydrogen-bond acceptors (Lipinski definition) is 1. The van der Waals surface area contributed by atoms with Gasteiger partial charge in [-0.2, -0.15) is 0 Å². The molecule has 0 spiro atoms. The van der Waals surface area contributed by atoms with Gasteiger partial charge < -0.3 is 4.74 Å². The van der Waals surface area contributed by atoms with Gasteiger partial charge in [-0.3, -0.25) is 0 Å². The first-order valence-electron chi connectivity index (χ1n) is 16.0. The second kappa shape index (κ2) is 8.86. The maximum atomic E-state index is 5.65. The summed E-state index contributed by atoms with van der Waals surface area (Å²) in [7, 11) is 0. The van der Waals surface area contributed by atoms with E-state index in [1.807, 2.05) is 5.57 Å². The lowest BCUT2D eigenvalue weighted by Crippen LogP contribution is -2.66. The summed E-state index contributed by atoms with van der Waals surface area (Å²) in [4.78, 5) is 0. The molecule has 0 unspecified atom stereocenters. The highest BCUT2D eigenvalue weighted by Crippen LogP contribution is 2.81. The fraction of sp³-hybridized carbons (Fsp3) is 0.943. The molecule has 8 atom stereocenters. The van der Waals surface area contributed by atoms with Crippen LogP contribution in [0.2, 0.25) is 0 Å². The van der Waals surface area contributed by atoms with Crippen LogP contribution in [0.15, 0.2) is 11.6 Å². The first kappa shape index (κ1) is 27.3. The molecule has 0 amide bonds. The molecular weight excluding hydrogens is 436 g/mol. The average molecular weight is 497 g/mol. The van der Waals surface area contributed by atoms with Gasteiger partial charge in [0.25, 0.3) is 0 Å². The molecule has 5 rings (SSSR count). The first-order chi connectivity index (χ1) is 16.7. The Balaban J connectivity index is 1.37. The van der Waals surface area contributed by atoms with Crippen LogP contribution >= 0.6 is 0 Å². The van der Waals surface area contributed by atoms with Crippen molar-refractivity contribution in [3.05, 3.63) is 11.6 Å². The van der Waals surface area contributed by atoms with Crippen LogP contribution in [-0.4, -0.2) is 13.2 Å². The molecule has 3 saturated carbocycles. The second-order valence-electron chi connectivity index (χ2n) is 16.6. The van der Waals surface area contributed by atoms with Crippen LogP contribution in [0.5, 0.6) is 0 Å². The zero-order chi connectivity index (χ0) is 26.2. The van der Waals surface area contributed by atoms with Gasteiger partial charge in [-0.15, -0.1) is 0 Å². The topological polar surface area (TPSA) is 9.23 Å². The van der Waals surface area contributed by atoms with Crippen LogP contribution < -0.4 is 0 Å². The molecule has 1 heterocycles. The molecule has 36 heavy (non-hydrogen) atoms. The van der Waals surface area contributed by atoms with Gasteiger partial charge in [0.15, 0.2) is 0 Å². The third-order valence-corrected chi connectivity index (χ3v) is 15.1. The Morgan fingerprint density at radius 1 is 0.750 bits per heavy atom. The molecule has 1 heteroatoms. The van der Waals surface area contributed by atoms with Crippen molar-refractivity contribution < 1.29 is 4.74 Å². The number of rotatable bonds is 5. The van der Waals surface area contributed by atoms with E-state index >= 15 is 0 Å². The SMILES string of the molecule is C[C@H](CC[C@@H](C)[C@H]1CC[C@@]2(C)[C@]3(C)CC=C4CC(C)(C)CC[C@]4(C)[C@@]3(C)CC[C@]12C)C1CCOCC1. The normalized spacial score (nSPS) is 48.4. The summed E-state index contributed by atoms with van der Waals surface area (Å²) in [6, 6.07) is 0. The van der Waals surface area contributed by atoms with Crippen LogP contribution in [0, 0.1) is 56.2 Å².